The summed E-state index contributed by atoms with van der Waals surface area (Å²) < 4.78 is 37.5. The molecule has 0 bridgehead atoms. The van der Waals surface area contributed by atoms with Crippen LogP contribution < -0.4 is 5.32 Å². The molecule has 1 aromatic rings. The number of rotatable bonds is 5. The summed E-state index contributed by atoms with van der Waals surface area (Å²) in [7, 11) is 0. The Morgan fingerprint density at radius 2 is 1.93 bits per heavy atom. The maximum atomic E-state index is 12.5. The number of piperidine rings is 1. The van der Waals surface area contributed by atoms with Gasteiger partial charge in [-0.1, -0.05) is 12.1 Å². The zero-order valence-electron chi connectivity index (χ0n) is 15.3. The van der Waals surface area contributed by atoms with Gasteiger partial charge in [0.05, 0.1) is 5.92 Å². The molecule has 1 unspecified atom stereocenters. The van der Waals surface area contributed by atoms with Gasteiger partial charge in [-0.3, -0.25) is 14.4 Å². The normalized spacial score (nSPS) is 20.6. The summed E-state index contributed by atoms with van der Waals surface area (Å²) >= 11 is 0. The van der Waals surface area contributed by atoms with Crippen molar-refractivity contribution in [3.8, 4) is 0 Å². The van der Waals surface area contributed by atoms with E-state index in [0.29, 0.717) is 30.1 Å². The average Bonchev–Trinajstić information content (AvgIpc) is 2.96. The van der Waals surface area contributed by atoms with Crippen molar-refractivity contribution >= 4 is 23.4 Å². The molecule has 2 aliphatic rings. The summed E-state index contributed by atoms with van der Waals surface area (Å²) in [5.41, 5.74) is 1.35. The fourth-order valence-electron chi connectivity index (χ4n) is 3.56. The van der Waals surface area contributed by atoms with Crippen molar-refractivity contribution in [1.29, 1.82) is 0 Å². The first kappa shape index (κ1) is 20.2. The number of nitrogens with zero attached hydrogens (tertiary/aromatic N) is 2. The molecule has 2 aliphatic heterocycles. The molecule has 1 aromatic carbocycles. The molecule has 3 rings (SSSR count). The average molecular weight is 397 g/mol. The highest BCUT2D eigenvalue weighted by Crippen LogP contribution is 2.25. The van der Waals surface area contributed by atoms with Crippen molar-refractivity contribution in [3.63, 3.8) is 0 Å². The van der Waals surface area contributed by atoms with Crippen LogP contribution >= 0.6 is 0 Å². The first-order valence-corrected chi connectivity index (χ1v) is 9.23. The number of halogens is 3. The quantitative estimate of drug-likeness (QED) is 0.830. The summed E-state index contributed by atoms with van der Waals surface area (Å²) in [4.78, 5) is 38.5. The lowest BCUT2D eigenvalue weighted by molar-refractivity contribution is -0.157. The molecular weight excluding hydrogens is 375 g/mol. The van der Waals surface area contributed by atoms with Crippen molar-refractivity contribution in [2.45, 2.75) is 38.4 Å². The topological polar surface area (TPSA) is 69.7 Å². The zero-order chi connectivity index (χ0) is 20.3. The summed E-state index contributed by atoms with van der Waals surface area (Å²) in [5, 5.41) is 2.67. The molecule has 2 heterocycles. The number of likely N-dealkylation sites (tertiary alicyclic amines) is 2. The predicted octanol–water partition coefficient (Wildman–Crippen LogP) is 2.55. The van der Waals surface area contributed by atoms with Crippen LogP contribution in [0.1, 0.15) is 31.2 Å². The van der Waals surface area contributed by atoms with E-state index in [1.807, 2.05) is 6.07 Å². The molecule has 1 N–H and O–H groups in total. The highest BCUT2D eigenvalue weighted by atomic mass is 19.4. The van der Waals surface area contributed by atoms with Crippen LogP contribution in [0.4, 0.5) is 18.9 Å². The Bertz CT molecular complexity index is 766. The molecule has 0 spiro atoms. The second-order valence-electron chi connectivity index (χ2n) is 7.25. The molecule has 2 saturated heterocycles. The summed E-state index contributed by atoms with van der Waals surface area (Å²) in [6, 6.07) is 7.00. The molecule has 1 atom stereocenters. The van der Waals surface area contributed by atoms with Gasteiger partial charge in [-0.15, -0.1) is 0 Å². The van der Waals surface area contributed by atoms with Gasteiger partial charge in [0, 0.05) is 38.2 Å². The third-order valence-corrected chi connectivity index (χ3v) is 4.94. The van der Waals surface area contributed by atoms with E-state index in [4.69, 9.17) is 0 Å². The minimum atomic E-state index is -4.48. The molecule has 28 heavy (non-hydrogen) atoms. The number of hydrogen-bond acceptors (Lipinski definition) is 3. The summed E-state index contributed by atoms with van der Waals surface area (Å²) in [6.07, 6.45) is -2.31. The van der Waals surface area contributed by atoms with Gasteiger partial charge in [-0.25, -0.2) is 0 Å². The van der Waals surface area contributed by atoms with E-state index in [1.165, 1.54) is 0 Å². The van der Waals surface area contributed by atoms with Crippen LogP contribution in [-0.4, -0.2) is 53.3 Å². The van der Waals surface area contributed by atoms with E-state index in [-0.39, 0.29) is 18.9 Å². The second kappa shape index (κ2) is 8.20. The van der Waals surface area contributed by atoms with Crippen LogP contribution in [0.15, 0.2) is 24.3 Å². The van der Waals surface area contributed by atoms with E-state index in [2.05, 4.69) is 5.32 Å². The number of nitrogens with one attached hydrogen (secondary N) is 1. The third-order valence-electron chi connectivity index (χ3n) is 4.94. The van der Waals surface area contributed by atoms with Crippen molar-refractivity contribution < 1.29 is 27.6 Å². The van der Waals surface area contributed by atoms with E-state index >= 15 is 0 Å². The van der Waals surface area contributed by atoms with Crippen LogP contribution in [-0.2, 0) is 20.9 Å². The second-order valence-corrected chi connectivity index (χ2v) is 7.25. The number of carbonyl (C=O) groups is 3. The Morgan fingerprint density at radius 3 is 2.64 bits per heavy atom. The van der Waals surface area contributed by atoms with Gasteiger partial charge in [0.2, 0.25) is 17.7 Å². The van der Waals surface area contributed by atoms with Crippen LogP contribution in [0.3, 0.4) is 0 Å². The monoisotopic (exact) mass is 397 g/mol. The zero-order valence-corrected chi connectivity index (χ0v) is 15.3. The van der Waals surface area contributed by atoms with Crippen molar-refractivity contribution in [3.05, 3.63) is 29.8 Å². The molecule has 0 aromatic heterocycles. The fraction of sp³-hybridized carbons (Fsp3) is 0.526. The molecular formula is C19H22F3N3O3. The highest BCUT2D eigenvalue weighted by molar-refractivity contribution is 5.97. The summed E-state index contributed by atoms with van der Waals surface area (Å²) in [6.45, 7) is -0.431. The molecule has 152 valence electrons. The minimum absolute atomic E-state index is 0.106. The third kappa shape index (κ3) is 5.24. The maximum absolute atomic E-state index is 12.5. The van der Waals surface area contributed by atoms with Gasteiger partial charge in [0.25, 0.3) is 0 Å². The van der Waals surface area contributed by atoms with Gasteiger partial charge >= 0.3 is 6.18 Å². The van der Waals surface area contributed by atoms with Crippen LogP contribution in [0.2, 0.25) is 0 Å². The van der Waals surface area contributed by atoms with E-state index in [0.717, 1.165) is 18.4 Å². The first-order valence-electron chi connectivity index (χ1n) is 9.23. The first-order chi connectivity index (χ1) is 13.2. The number of benzene rings is 1. The molecule has 0 saturated carbocycles. The maximum Gasteiger partial charge on any atom is 0.406 e. The van der Waals surface area contributed by atoms with Gasteiger partial charge in [-0.2, -0.15) is 13.2 Å². The van der Waals surface area contributed by atoms with Gasteiger partial charge < -0.3 is 15.1 Å². The molecule has 6 nitrogen and oxygen atoms in total. The van der Waals surface area contributed by atoms with Gasteiger partial charge in [0.1, 0.15) is 6.54 Å². The number of amides is 3. The van der Waals surface area contributed by atoms with E-state index < -0.39 is 30.5 Å². The molecule has 2 fully saturated rings. The fourth-order valence-corrected chi connectivity index (χ4v) is 3.56. The predicted molar refractivity (Wildman–Crippen MR) is 95.1 cm³/mol. The minimum Gasteiger partial charge on any atom is -0.338 e. The van der Waals surface area contributed by atoms with E-state index in [9.17, 15) is 27.6 Å². The van der Waals surface area contributed by atoms with Crippen LogP contribution in [0.25, 0.3) is 0 Å². The highest BCUT2D eigenvalue weighted by Gasteiger charge is 2.40. The molecule has 0 radical (unpaired) electrons. The Morgan fingerprint density at radius 1 is 1.14 bits per heavy atom. The van der Waals surface area contributed by atoms with Crippen molar-refractivity contribution in [2.75, 3.05) is 25.0 Å². The smallest absolute Gasteiger partial charge is 0.338 e. The SMILES string of the molecule is O=C(Nc1cccc(CN2CCCCC2=O)c1)C1CC(=O)N(CC(F)(F)F)C1. The van der Waals surface area contributed by atoms with Crippen molar-refractivity contribution in [1.82, 2.24) is 9.80 Å². The molecule has 0 aliphatic carbocycles. The van der Waals surface area contributed by atoms with Crippen LogP contribution in [0.5, 0.6) is 0 Å². The van der Waals surface area contributed by atoms with Gasteiger partial charge in [0.15, 0.2) is 0 Å². The summed E-state index contributed by atoms with van der Waals surface area (Å²) in [5.74, 6) is -1.86. The van der Waals surface area contributed by atoms with Gasteiger partial charge in [-0.05, 0) is 30.5 Å². The Labute approximate surface area is 160 Å². The standard InChI is InChI=1S/C19H22F3N3O3/c20-19(21,22)12-25-11-14(9-17(25)27)18(28)23-15-5-3-4-13(8-15)10-24-7-2-1-6-16(24)26/h3-5,8,14H,1-2,6-7,9-12H2,(H,23,28). The Kier molecular flexibility index (Phi) is 5.90. The van der Waals surface area contributed by atoms with Crippen LogP contribution in [0, 0.1) is 5.92 Å². The number of carbonyl (C=O) groups excluding carboxylic acids is 3. The Balaban J connectivity index is 1.58. The lowest BCUT2D eigenvalue weighted by Gasteiger charge is -2.27. The van der Waals surface area contributed by atoms with E-state index in [1.54, 1.807) is 23.1 Å². The number of hydrogen-bond donors (Lipinski definition) is 1. The van der Waals surface area contributed by atoms with Crippen molar-refractivity contribution in [2.24, 2.45) is 5.92 Å². The number of anilines is 1. The Hall–Kier alpha value is -2.58. The lowest BCUT2D eigenvalue weighted by atomic mass is 10.1. The molecule has 3 amide bonds. The lowest BCUT2D eigenvalue weighted by Crippen LogP contribution is -2.36. The number of alkyl halides is 3. The largest absolute Gasteiger partial charge is 0.406 e. The molecule has 9 heteroatoms.